The van der Waals surface area contributed by atoms with Crippen molar-refractivity contribution >= 4 is 21.4 Å². The average Bonchev–Trinajstić information content (AvgIpc) is 2.63. The Hall–Kier alpha value is -0.430. The highest BCUT2D eigenvalue weighted by Gasteiger charge is 2.21. The van der Waals surface area contributed by atoms with Crippen molar-refractivity contribution in [1.82, 2.24) is 4.72 Å². The van der Waals surface area contributed by atoms with Crippen molar-refractivity contribution in [2.45, 2.75) is 30.7 Å². The second-order valence-electron chi connectivity index (χ2n) is 4.10. The molecular formula is C10H16N2O2S2. The molecule has 1 aromatic rings. The van der Waals surface area contributed by atoms with E-state index in [9.17, 15) is 8.42 Å². The van der Waals surface area contributed by atoms with Crippen LogP contribution in [0.25, 0.3) is 0 Å². The van der Waals surface area contributed by atoms with Crippen LogP contribution >= 0.6 is 11.3 Å². The van der Waals surface area contributed by atoms with Gasteiger partial charge in [-0.05, 0) is 24.8 Å². The third-order valence-corrected chi connectivity index (χ3v) is 5.44. The van der Waals surface area contributed by atoms with Gasteiger partial charge in [-0.2, -0.15) is 0 Å². The fraction of sp³-hybridized carbons (Fsp3) is 0.600. The molecular weight excluding hydrogens is 244 g/mol. The van der Waals surface area contributed by atoms with Crippen LogP contribution in [0.4, 0.5) is 0 Å². The first-order chi connectivity index (χ1) is 7.62. The first-order valence-electron chi connectivity index (χ1n) is 5.39. The zero-order valence-electron chi connectivity index (χ0n) is 8.98. The second-order valence-corrected chi connectivity index (χ2v) is 6.86. The van der Waals surface area contributed by atoms with Gasteiger partial charge >= 0.3 is 0 Å². The summed E-state index contributed by atoms with van der Waals surface area (Å²) in [7, 11) is -3.32. The van der Waals surface area contributed by atoms with Crippen LogP contribution in [-0.4, -0.2) is 15.0 Å². The van der Waals surface area contributed by atoms with E-state index in [4.69, 9.17) is 5.73 Å². The first-order valence-corrected chi connectivity index (χ1v) is 7.75. The Labute approximate surface area is 99.9 Å². The van der Waals surface area contributed by atoms with Gasteiger partial charge in [0, 0.05) is 23.3 Å². The molecule has 2 rings (SSSR count). The van der Waals surface area contributed by atoms with Gasteiger partial charge in [0.1, 0.15) is 0 Å². The van der Waals surface area contributed by atoms with E-state index in [1.807, 2.05) is 0 Å². The normalized spacial score (nSPS) is 17.3. The van der Waals surface area contributed by atoms with Gasteiger partial charge in [0.25, 0.3) is 0 Å². The van der Waals surface area contributed by atoms with Gasteiger partial charge in [0.15, 0.2) is 0 Å². The van der Waals surface area contributed by atoms with Gasteiger partial charge in [-0.1, -0.05) is 6.42 Å². The van der Waals surface area contributed by atoms with Crippen molar-refractivity contribution in [3.05, 3.63) is 16.3 Å². The van der Waals surface area contributed by atoms with Crippen LogP contribution in [0.1, 0.15) is 24.1 Å². The zero-order chi connectivity index (χ0) is 11.6. The van der Waals surface area contributed by atoms with E-state index in [-0.39, 0.29) is 0 Å². The van der Waals surface area contributed by atoms with Crippen LogP contribution in [-0.2, 0) is 16.6 Å². The Morgan fingerprint density at radius 1 is 1.50 bits per heavy atom. The van der Waals surface area contributed by atoms with Crippen molar-refractivity contribution in [1.29, 1.82) is 0 Å². The summed E-state index contributed by atoms with van der Waals surface area (Å²) in [5, 5.41) is 1.64. The minimum atomic E-state index is -3.32. The van der Waals surface area contributed by atoms with Gasteiger partial charge < -0.3 is 5.73 Å². The molecule has 0 radical (unpaired) electrons. The van der Waals surface area contributed by atoms with Crippen LogP contribution in [0, 0.1) is 5.92 Å². The standard InChI is InChI=1S/C10H16N2O2S2/c11-5-9-4-10(7-15-9)16(13,14)12-6-8-2-1-3-8/h4,7-8,12H,1-3,5-6,11H2. The molecule has 0 aliphatic heterocycles. The van der Waals surface area contributed by atoms with Gasteiger partial charge in [-0.3, -0.25) is 0 Å². The van der Waals surface area contributed by atoms with Crippen molar-refractivity contribution < 1.29 is 8.42 Å². The van der Waals surface area contributed by atoms with Gasteiger partial charge in [-0.25, -0.2) is 13.1 Å². The van der Waals surface area contributed by atoms with Crippen LogP contribution in [0.5, 0.6) is 0 Å². The van der Waals surface area contributed by atoms with Crippen molar-refractivity contribution in [2.24, 2.45) is 11.7 Å². The van der Waals surface area contributed by atoms with Crippen LogP contribution < -0.4 is 10.5 Å². The molecule has 0 saturated heterocycles. The molecule has 0 atom stereocenters. The lowest BCUT2D eigenvalue weighted by atomic mass is 9.86. The summed E-state index contributed by atoms with van der Waals surface area (Å²) in [4.78, 5) is 1.24. The maximum atomic E-state index is 11.9. The fourth-order valence-electron chi connectivity index (χ4n) is 1.62. The quantitative estimate of drug-likeness (QED) is 0.838. The van der Waals surface area contributed by atoms with Gasteiger partial charge in [0.05, 0.1) is 4.90 Å². The Morgan fingerprint density at radius 3 is 2.75 bits per heavy atom. The largest absolute Gasteiger partial charge is 0.326 e. The SMILES string of the molecule is NCc1cc(S(=O)(=O)NCC2CCC2)cs1. The Morgan fingerprint density at radius 2 is 2.25 bits per heavy atom. The van der Waals surface area contributed by atoms with Gasteiger partial charge in [-0.15, -0.1) is 11.3 Å². The average molecular weight is 260 g/mol. The minimum absolute atomic E-state index is 0.345. The highest BCUT2D eigenvalue weighted by atomic mass is 32.2. The maximum Gasteiger partial charge on any atom is 0.241 e. The lowest BCUT2D eigenvalue weighted by Gasteiger charge is -2.25. The molecule has 0 aromatic carbocycles. The van der Waals surface area contributed by atoms with Crippen molar-refractivity contribution in [2.75, 3.05) is 6.54 Å². The summed E-state index contributed by atoms with van der Waals surface area (Å²) in [6, 6.07) is 1.65. The van der Waals surface area contributed by atoms with Gasteiger partial charge in [0.2, 0.25) is 10.0 Å². The van der Waals surface area contributed by atoms with Crippen molar-refractivity contribution in [3.63, 3.8) is 0 Å². The summed E-state index contributed by atoms with van der Waals surface area (Å²) in [5.74, 6) is 0.530. The highest BCUT2D eigenvalue weighted by molar-refractivity contribution is 7.89. The van der Waals surface area contributed by atoms with E-state index in [1.165, 1.54) is 17.8 Å². The highest BCUT2D eigenvalue weighted by Crippen LogP contribution is 2.26. The smallest absolute Gasteiger partial charge is 0.241 e. The van der Waals surface area contributed by atoms with E-state index in [0.29, 0.717) is 23.9 Å². The molecule has 0 amide bonds. The monoisotopic (exact) mass is 260 g/mol. The number of hydrogen-bond donors (Lipinski definition) is 2. The fourth-order valence-corrected chi connectivity index (χ4v) is 3.89. The lowest BCUT2D eigenvalue weighted by molar-refractivity contribution is 0.316. The van der Waals surface area contributed by atoms with Crippen LogP contribution in [0.3, 0.4) is 0 Å². The predicted octanol–water partition coefficient (Wildman–Crippen LogP) is 1.29. The zero-order valence-corrected chi connectivity index (χ0v) is 10.6. The topological polar surface area (TPSA) is 72.2 Å². The number of nitrogens with two attached hydrogens (primary N) is 1. The van der Waals surface area contributed by atoms with E-state index in [1.54, 1.807) is 11.4 Å². The minimum Gasteiger partial charge on any atom is -0.326 e. The van der Waals surface area contributed by atoms with E-state index in [2.05, 4.69) is 4.72 Å². The molecule has 0 spiro atoms. The predicted molar refractivity (Wildman–Crippen MR) is 64.7 cm³/mol. The van der Waals surface area contributed by atoms with E-state index >= 15 is 0 Å². The molecule has 0 bridgehead atoms. The molecule has 1 aromatic heterocycles. The number of nitrogens with one attached hydrogen (secondary N) is 1. The van der Waals surface area contributed by atoms with E-state index in [0.717, 1.165) is 17.7 Å². The Kier molecular flexibility index (Phi) is 3.63. The molecule has 0 unspecified atom stereocenters. The summed E-state index contributed by atoms with van der Waals surface area (Å²) < 4.78 is 26.4. The number of hydrogen-bond acceptors (Lipinski definition) is 4. The molecule has 1 fully saturated rings. The Bertz CT molecular complexity index is 449. The Balaban J connectivity index is 1.99. The third kappa shape index (κ3) is 2.63. The molecule has 90 valence electrons. The summed E-state index contributed by atoms with van der Waals surface area (Å²) in [6.45, 7) is 0.957. The molecule has 1 aliphatic carbocycles. The van der Waals surface area contributed by atoms with Crippen molar-refractivity contribution in [3.8, 4) is 0 Å². The first kappa shape index (κ1) is 12.0. The lowest BCUT2D eigenvalue weighted by Crippen LogP contribution is -2.32. The summed E-state index contributed by atoms with van der Waals surface area (Å²) in [6.07, 6.45) is 3.50. The molecule has 4 nitrogen and oxygen atoms in total. The van der Waals surface area contributed by atoms with Crippen LogP contribution in [0.2, 0.25) is 0 Å². The number of sulfonamides is 1. The number of thiophene rings is 1. The second kappa shape index (κ2) is 4.83. The van der Waals surface area contributed by atoms with E-state index < -0.39 is 10.0 Å². The molecule has 16 heavy (non-hydrogen) atoms. The molecule has 1 heterocycles. The number of rotatable bonds is 5. The molecule has 1 saturated carbocycles. The van der Waals surface area contributed by atoms with Crippen LogP contribution in [0.15, 0.2) is 16.3 Å². The molecule has 3 N–H and O–H groups in total. The third-order valence-electron chi connectivity index (χ3n) is 2.93. The summed E-state index contributed by atoms with van der Waals surface area (Å²) >= 11 is 1.39. The maximum absolute atomic E-state index is 11.9. The molecule has 1 aliphatic rings. The summed E-state index contributed by atoms with van der Waals surface area (Å²) in [5.41, 5.74) is 5.45. The molecule has 6 heteroatoms.